The molecule has 0 unspecified atom stereocenters. The van der Waals surface area contributed by atoms with Crippen molar-refractivity contribution in [2.45, 2.75) is 0 Å². The van der Waals surface area contributed by atoms with Crippen LogP contribution in [0.4, 0.5) is 4.79 Å². The van der Waals surface area contributed by atoms with E-state index in [0.29, 0.717) is 13.2 Å². The Bertz CT molecular complexity index is 184. The maximum atomic E-state index is 9.70. The molecule has 0 saturated heterocycles. The molecule has 0 aromatic rings. The summed E-state index contributed by atoms with van der Waals surface area (Å²) in [7, 11) is 0. The summed E-state index contributed by atoms with van der Waals surface area (Å²) in [6, 6.07) is 0. The Morgan fingerprint density at radius 3 is 2.06 bits per heavy atom. The molecule has 0 aliphatic heterocycles. The zero-order chi connectivity index (χ0) is 13.4. The molecule has 0 spiro atoms. The van der Waals surface area contributed by atoms with Crippen LogP contribution in [0.25, 0.3) is 0 Å². The standard InChI is InChI=1S/C6H10O.C5H10O5/c1-3-5-7-6-4-2;6-1-2-9-3-4-10-5(7)8/h3-4H,1-2,5-6H2;6H,1-4H2,(H,7,8). The van der Waals surface area contributed by atoms with Gasteiger partial charge in [-0.3, -0.25) is 0 Å². The Balaban J connectivity index is 0. The largest absolute Gasteiger partial charge is 0.505 e. The number of rotatable bonds is 9. The molecule has 6 heteroatoms. The lowest BCUT2D eigenvalue weighted by Gasteiger charge is -2.00. The van der Waals surface area contributed by atoms with Crippen molar-refractivity contribution < 1.29 is 29.2 Å². The van der Waals surface area contributed by atoms with Gasteiger partial charge in [-0.2, -0.15) is 0 Å². The first-order valence-corrected chi connectivity index (χ1v) is 5.02. The van der Waals surface area contributed by atoms with Crippen LogP contribution in [0.3, 0.4) is 0 Å². The van der Waals surface area contributed by atoms with E-state index in [9.17, 15) is 4.79 Å². The SMILES string of the molecule is C=CCOCC=C.O=C(O)OCCOCCO. The number of carbonyl (C=O) groups is 1. The van der Waals surface area contributed by atoms with Crippen LogP contribution >= 0.6 is 0 Å². The molecule has 0 aliphatic rings. The van der Waals surface area contributed by atoms with Crippen molar-refractivity contribution in [3.05, 3.63) is 25.3 Å². The quantitative estimate of drug-likeness (QED) is 0.360. The zero-order valence-corrected chi connectivity index (χ0v) is 9.84. The third-order valence-electron chi connectivity index (χ3n) is 1.16. The Morgan fingerprint density at radius 2 is 1.65 bits per heavy atom. The van der Waals surface area contributed by atoms with E-state index in [1.165, 1.54) is 0 Å². The number of aliphatic hydroxyl groups is 1. The Morgan fingerprint density at radius 1 is 1.06 bits per heavy atom. The van der Waals surface area contributed by atoms with Gasteiger partial charge < -0.3 is 24.4 Å². The molecule has 0 heterocycles. The number of hydrogen-bond donors (Lipinski definition) is 2. The molecule has 100 valence electrons. The molecule has 0 radical (unpaired) electrons. The van der Waals surface area contributed by atoms with Gasteiger partial charge in [0, 0.05) is 0 Å². The van der Waals surface area contributed by atoms with Crippen molar-refractivity contribution >= 4 is 6.16 Å². The van der Waals surface area contributed by atoms with Gasteiger partial charge in [0.2, 0.25) is 0 Å². The minimum Gasteiger partial charge on any atom is -0.450 e. The van der Waals surface area contributed by atoms with Crippen LogP contribution < -0.4 is 0 Å². The van der Waals surface area contributed by atoms with Gasteiger partial charge in [0.05, 0.1) is 33.0 Å². The second-order valence-electron chi connectivity index (χ2n) is 2.57. The van der Waals surface area contributed by atoms with Crippen LogP contribution in [-0.4, -0.2) is 56.0 Å². The molecule has 0 aliphatic carbocycles. The molecule has 0 aromatic heterocycles. The normalized spacial score (nSPS) is 8.76. The molecule has 0 fully saturated rings. The van der Waals surface area contributed by atoms with Gasteiger partial charge in [0.15, 0.2) is 0 Å². The maximum absolute atomic E-state index is 9.70. The van der Waals surface area contributed by atoms with E-state index in [1.54, 1.807) is 12.2 Å². The predicted octanol–water partition coefficient (Wildman–Crippen LogP) is 1.06. The molecule has 2 N–H and O–H groups in total. The lowest BCUT2D eigenvalue weighted by molar-refractivity contribution is 0.0363. The summed E-state index contributed by atoms with van der Waals surface area (Å²) in [4.78, 5) is 9.70. The first kappa shape index (κ1) is 18.0. The monoisotopic (exact) mass is 248 g/mol. The second-order valence-corrected chi connectivity index (χ2v) is 2.57. The van der Waals surface area contributed by atoms with E-state index in [1.807, 2.05) is 0 Å². The molecule has 0 atom stereocenters. The predicted molar refractivity (Wildman–Crippen MR) is 63.1 cm³/mol. The fraction of sp³-hybridized carbons (Fsp3) is 0.545. The maximum Gasteiger partial charge on any atom is 0.505 e. The van der Waals surface area contributed by atoms with E-state index >= 15 is 0 Å². The van der Waals surface area contributed by atoms with Gasteiger partial charge in [0.1, 0.15) is 6.61 Å². The summed E-state index contributed by atoms with van der Waals surface area (Å²) in [6.07, 6.45) is 2.11. The molecule has 0 amide bonds. The number of hydrogen-bond acceptors (Lipinski definition) is 5. The van der Waals surface area contributed by atoms with Crippen LogP contribution in [0.1, 0.15) is 0 Å². The highest BCUT2D eigenvalue weighted by Gasteiger charge is 1.93. The molecule has 17 heavy (non-hydrogen) atoms. The highest BCUT2D eigenvalue weighted by Crippen LogP contribution is 1.78. The molecular formula is C11H20O6. The van der Waals surface area contributed by atoms with E-state index in [-0.39, 0.29) is 26.4 Å². The highest BCUT2D eigenvalue weighted by atomic mass is 16.7. The molecule has 0 saturated carbocycles. The van der Waals surface area contributed by atoms with Gasteiger partial charge >= 0.3 is 6.16 Å². The van der Waals surface area contributed by atoms with E-state index in [2.05, 4.69) is 17.9 Å². The van der Waals surface area contributed by atoms with Gasteiger partial charge in [-0.1, -0.05) is 12.2 Å². The fourth-order valence-electron chi connectivity index (χ4n) is 0.589. The first-order chi connectivity index (χ1) is 8.18. The van der Waals surface area contributed by atoms with Gasteiger partial charge in [-0.05, 0) is 0 Å². The number of ether oxygens (including phenoxy) is 3. The molecule has 0 bridgehead atoms. The molecule has 0 rings (SSSR count). The third kappa shape index (κ3) is 25.2. The first-order valence-electron chi connectivity index (χ1n) is 5.02. The summed E-state index contributed by atoms with van der Waals surface area (Å²) in [5.74, 6) is 0. The summed E-state index contributed by atoms with van der Waals surface area (Å²) in [5.41, 5.74) is 0. The zero-order valence-electron chi connectivity index (χ0n) is 9.84. The van der Waals surface area contributed by atoms with Crippen molar-refractivity contribution in [2.24, 2.45) is 0 Å². The van der Waals surface area contributed by atoms with Crippen LogP contribution in [0.15, 0.2) is 25.3 Å². The Kier molecular flexibility index (Phi) is 18.0. The molecule has 6 nitrogen and oxygen atoms in total. The van der Waals surface area contributed by atoms with Gasteiger partial charge in [0.25, 0.3) is 0 Å². The lowest BCUT2D eigenvalue weighted by atomic mass is 10.6. The number of aliphatic hydroxyl groups excluding tert-OH is 1. The summed E-state index contributed by atoms with van der Waals surface area (Å²) in [6.45, 7) is 8.53. The third-order valence-corrected chi connectivity index (χ3v) is 1.16. The Hall–Kier alpha value is -1.37. The van der Waals surface area contributed by atoms with Crippen molar-refractivity contribution in [1.82, 2.24) is 0 Å². The van der Waals surface area contributed by atoms with Crippen LogP contribution in [0.5, 0.6) is 0 Å². The highest BCUT2D eigenvalue weighted by molar-refractivity contribution is 5.56. The second kappa shape index (κ2) is 17.0. The van der Waals surface area contributed by atoms with Crippen molar-refractivity contribution in [3.8, 4) is 0 Å². The molecular weight excluding hydrogens is 228 g/mol. The summed E-state index contributed by atoms with van der Waals surface area (Å²) < 4.78 is 13.7. The fourth-order valence-corrected chi connectivity index (χ4v) is 0.589. The van der Waals surface area contributed by atoms with Crippen LogP contribution in [0.2, 0.25) is 0 Å². The van der Waals surface area contributed by atoms with E-state index in [4.69, 9.17) is 19.7 Å². The van der Waals surface area contributed by atoms with Crippen molar-refractivity contribution in [1.29, 1.82) is 0 Å². The Labute approximate surface area is 101 Å². The summed E-state index contributed by atoms with van der Waals surface area (Å²) >= 11 is 0. The van der Waals surface area contributed by atoms with Gasteiger partial charge in [-0.15, -0.1) is 13.2 Å². The smallest absolute Gasteiger partial charge is 0.450 e. The van der Waals surface area contributed by atoms with Crippen LogP contribution in [-0.2, 0) is 14.2 Å². The summed E-state index contributed by atoms with van der Waals surface area (Å²) in [5, 5.41) is 16.1. The average Bonchev–Trinajstić information content (AvgIpc) is 2.30. The minimum absolute atomic E-state index is 0.00926. The van der Waals surface area contributed by atoms with E-state index in [0.717, 1.165) is 0 Å². The van der Waals surface area contributed by atoms with Gasteiger partial charge in [-0.25, -0.2) is 4.79 Å². The lowest BCUT2D eigenvalue weighted by Crippen LogP contribution is -2.09. The van der Waals surface area contributed by atoms with Crippen LogP contribution in [0, 0.1) is 0 Å². The topological polar surface area (TPSA) is 85.2 Å². The van der Waals surface area contributed by atoms with E-state index < -0.39 is 6.16 Å². The van der Waals surface area contributed by atoms with Crippen molar-refractivity contribution in [2.75, 3.05) is 39.6 Å². The average molecular weight is 248 g/mol. The van der Waals surface area contributed by atoms with Crippen molar-refractivity contribution in [3.63, 3.8) is 0 Å². The molecule has 0 aromatic carbocycles. The number of carboxylic acid groups (broad SMARTS) is 1. The minimum atomic E-state index is -1.31.